The topological polar surface area (TPSA) is 126 Å². The number of rotatable bonds is 3. The first-order valence-corrected chi connectivity index (χ1v) is 14.5. The molecule has 0 radical (unpaired) electrons. The summed E-state index contributed by atoms with van der Waals surface area (Å²) < 4.78 is 11.2. The summed E-state index contributed by atoms with van der Waals surface area (Å²) in [6, 6.07) is 10.2. The number of carbonyl (C=O) groups is 4. The van der Waals surface area contributed by atoms with E-state index in [4.69, 9.17) is 9.47 Å². The number of methoxy groups -OCH3 is 1. The molecule has 3 amide bonds. The fourth-order valence-electron chi connectivity index (χ4n) is 5.28. The van der Waals surface area contributed by atoms with E-state index < -0.39 is 35.5 Å². The fourth-order valence-corrected chi connectivity index (χ4v) is 5.28. The van der Waals surface area contributed by atoms with E-state index >= 15 is 0 Å². The fraction of sp³-hybridized carbons (Fsp3) is 0.500. The molecule has 0 aromatic heterocycles. The molecule has 3 N–H and O–H groups in total. The molecule has 1 saturated heterocycles. The number of cyclic esters (lactones) is 1. The van der Waals surface area contributed by atoms with Crippen LogP contribution in [-0.2, 0) is 28.7 Å². The van der Waals surface area contributed by atoms with Gasteiger partial charge in [-0.25, -0.2) is 5.43 Å². The molecule has 1 fully saturated rings. The van der Waals surface area contributed by atoms with Crippen molar-refractivity contribution in [2.45, 2.75) is 71.7 Å². The highest BCUT2D eigenvalue weighted by Gasteiger charge is 2.38. The van der Waals surface area contributed by atoms with Gasteiger partial charge < -0.3 is 20.1 Å². The van der Waals surface area contributed by atoms with Gasteiger partial charge in [0.25, 0.3) is 11.8 Å². The normalized spacial score (nSPS) is 28.8. The molecule has 4 rings (SSSR count). The monoisotopic (exact) mass is 578 g/mol. The van der Waals surface area contributed by atoms with Crippen molar-refractivity contribution in [2.24, 2.45) is 11.3 Å². The van der Waals surface area contributed by atoms with Crippen LogP contribution in [0.4, 0.5) is 0 Å². The van der Waals surface area contributed by atoms with E-state index in [1.807, 2.05) is 49.4 Å². The summed E-state index contributed by atoms with van der Waals surface area (Å²) >= 11 is 0. The number of hydrogen-bond donors (Lipinski definition) is 3. The van der Waals surface area contributed by atoms with Gasteiger partial charge in [0.2, 0.25) is 5.91 Å². The molecule has 2 aliphatic heterocycles. The van der Waals surface area contributed by atoms with Crippen molar-refractivity contribution in [1.82, 2.24) is 21.1 Å². The molecule has 0 aliphatic carbocycles. The van der Waals surface area contributed by atoms with Gasteiger partial charge in [0.05, 0.1) is 12.6 Å². The third-order valence-electron chi connectivity index (χ3n) is 7.90. The molecule has 5 atom stereocenters. The van der Waals surface area contributed by atoms with E-state index in [2.05, 4.69) is 16.1 Å². The molecule has 2 aromatic carbocycles. The van der Waals surface area contributed by atoms with Gasteiger partial charge in [0.1, 0.15) is 17.5 Å². The number of hydrogen-bond acceptors (Lipinski definition) is 7. The standard InChI is InChI=1S/C32H42N4O6/c1-19(2)27-29(38)34-21(4)30(39)36-15-7-8-26(35-36)28(37)33-20(3)24-12-11-23-10-9-22(16-25(23)17-24)13-14-32(5,18-41-6)31(40)42-27/h9-14,16-17,19-21,26-27,35H,7-8,15,18H2,1-6H3,(H,33,37)(H,34,38)/b14-13+/t20-,21+,26+,27+,32+/m1/s1. The van der Waals surface area contributed by atoms with Gasteiger partial charge >= 0.3 is 5.97 Å². The zero-order valence-corrected chi connectivity index (χ0v) is 25.2. The Labute approximate surface area is 247 Å². The van der Waals surface area contributed by atoms with Crippen molar-refractivity contribution in [3.63, 3.8) is 0 Å². The molecule has 42 heavy (non-hydrogen) atoms. The van der Waals surface area contributed by atoms with Crippen LogP contribution >= 0.6 is 0 Å². The molecule has 2 aliphatic rings. The number of ether oxygens (including phenoxy) is 2. The lowest BCUT2D eigenvalue weighted by molar-refractivity contribution is -0.168. The Morgan fingerprint density at radius 3 is 2.43 bits per heavy atom. The van der Waals surface area contributed by atoms with E-state index in [1.165, 1.54) is 12.1 Å². The van der Waals surface area contributed by atoms with Crippen LogP contribution in [0.1, 0.15) is 64.6 Å². The summed E-state index contributed by atoms with van der Waals surface area (Å²) in [6.07, 6.45) is 3.64. The highest BCUT2D eigenvalue weighted by Crippen LogP contribution is 2.27. The summed E-state index contributed by atoms with van der Waals surface area (Å²) in [7, 11) is 1.50. The average molecular weight is 579 g/mol. The Morgan fingerprint density at radius 1 is 1.00 bits per heavy atom. The van der Waals surface area contributed by atoms with E-state index in [-0.39, 0.29) is 30.4 Å². The summed E-state index contributed by atoms with van der Waals surface area (Å²) in [6.45, 7) is 9.19. The zero-order chi connectivity index (χ0) is 30.6. The minimum absolute atomic E-state index is 0.0421. The molecule has 2 heterocycles. The van der Waals surface area contributed by atoms with Gasteiger partial charge in [0.15, 0.2) is 6.10 Å². The van der Waals surface area contributed by atoms with E-state index in [0.717, 1.165) is 21.9 Å². The molecule has 226 valence electrons. The lowest BCUT2D eigenvalue weighted by Crippen LogP contribution is -2.61. The van der Waals surface area contributed by atoms with Crippen LogP contribution in [0.25, 0.3) is 16.8 Å². The van der Waals surface area contributed by atoms with Crippen molar-refractivity contribution in [3.05, 3.63) is 53.6 Å². The largest absolute Gasteiger partial charge is 0.451 e. The second-order valence-corrected chi connectivity index (χ2v) is 11.9. The molecular weight excluding hydrogens is 536 g/mol. The molecule has 10 heteroatoms. The van der Waals surface area contributed by atoms with Crippen molar-refractivity contribution >= 4 is 40.5 Å². The first-order valence-electron chi connectivity index (χ1n) is 14.5. The predicted molar refractivity (Wildman–Crippen MR) is 160 cm³/mol. The van der Waals surface area contributed by atoms with Crippen LogP contribution in [0.5, 0.6) is 0 Å². The first-order chi connectivity index (χ1) is 19.9. The van der Waals surface area contributed by atoms with Crippen LogP contribution in [-0.4, -0.2) is 67.1 Å². The van der Waals surface area contributed by atoms with Gasteiger partial charge in [-0.15, -0.1) is 0 Å². The van der Waals surface area contributed by atoms with Crippen molar-refractivity contribution in [1.29, 1.82) is 0 Å². The van der Waals surface area contributed by atoms with Crippen molar-refractivity contribution in [3.8, 4) is 0 Å². The van der Waals surface area contributed by atoms with Crippen LogP contribution in [0.3, 0.4) is 0 Å². The van der Waals surface area contributed by atoms with Crippen molar-refractivity contribution in [2.75, 3.05) is 20.3 Å². The van der Waals surface area contributed by atoms with Gasteiger partial charge in [-0.1, -0.05) is 50.3 Å². The Morgan fingerprint density at radius 2 is 1.71 bits per heavy atom. The maximum atomic E-state index is 13.5. The van der Waals surface area contributed by atoms with E-state index in [0.29, 0.717) is 19.4 Å². The molecule has 0 spiro atoms. The van der Waals surface area contributed by atoms with Gasteiger partial charge in [-0.2, -0.15) is 0 Å². The maximum Gasteiger partial charge on any atom is 0.318 e. The van der Waals surface area contributed by atoms with Gasteiger partial charge in [0, 0.05) is 13.7 Å². The predicted octanol–water partition coefficient (Wildman–Crippen LogP) is 3.26. The quantitative estimate of drug-likeness (QED) is 0.478. The minimum atomic E-state index is -1.18. The summed E-state index contributed by atoms with van der Waals surface area (Å²) in [5.41, 5.74) is 3.67. The van der Waals surface area contributed by atoms with E-state index in [9.17, 15) is 19.2 Å². The Bertz CT molecular complexity index is 1370. The summed E-state index contributed by atoms with van der Waals surface area (Å²) in [5.74, 6) is -2.12. The molecule has 0 saturated carbocycles. The number of benzene rings is 2. The molecule has 10 nitrogen and oxygen atoms in total. The second-order valence-electron chi connectivity index (χ2n) is 11.9. The van der Waals surface area contributed by atoms with Crippen LogP contribution < -0.4 is 16.1 Å². The van der Waals surface area contributed by atoms with Crippen LogP contribution in [0.15, 0.2) is 42.5 Å². The number of hydrazine groups is 1. The summed E-state index contributed by atoms with van der Waals surface area (Å²) in [4.78, 5) is 53.3. The van der Waals surface area contributed by atoms with Crippen LogP contribution in [0.2, 0.25) is 0 Å². The molecule has 0 unspecified atom stereocenters. The second kappa shape index (κ2) is 13.0. The Kier molecular flexibility index (Phi) is 9.68. The molecule has 2 aromatic rings. The lowest BCUT2D eigenvalue weighted by atomic mass is 9.90. The van der Waals surface area contributed by atoms with Gasteiger partial charge in [-0.05, 0) is 73.6 Å². The van der Waals surface area contributed by atoms with Crippen molar-refractivity contribution < 1.29 is 28.7 Å². The molecule has 5 bridgehead atoms. The number of carbonyl (C=O) groups excluding carboxylic acids is 4. The number of nitrogens with one attached hydrogen (secondary N) is 3. The number of fused-ring (bicyclic) bond motifs is 4. The average Bonchev–Trinajstić information content (AvgIpc) is 2.97. The van der Waals surface area contributed by atoms with E-state index in [1.54, 1.807) is 33.8 Å². The summed E-state index contributed by atoms with van der Waals surface area (Å²) in [5, 5.41) is 9.19. The third kappa shape index (κ3) is 6.99. The lowest BCUT2D eigenvalue weighted by Gasteiger charge is -2.35. The number of amides is 3. The van der Waals surface area contributed by atoms with Crippen LogP contribution in [0, 0.1) is 11.3 Å². The number of esters is 1. The van der Waals surface area contributed by atoms with Gasteiger partial charge in [-0.3, -0.25) is 24.2 Å². The Hall–Kier alpha value is -3.76. The third-order valence-corrected chi connectivity index (χ3v) is 7.90. The zero-order valence-electron chi connectivity index (χ0n) is 25.2. The maximum absolute atomic E-state index is 13.5. The highest BCUT2D eigenvalue weighted by atomic mass is 16.6. The molecular formula is C32H42N4O6. The SMILES string of the molecule is COC[C@]1(C)/C=C/c2ccc3ccc(cc3c2)[C@@H](C)NC(=O)[C@@H]2CCCN(N2)C(=O)[C@H](C)NC(=O)[C@H](C(C)C)OC1=O. The Balaban J connectivity index is 1.74. The first kappa shape index (κ1) is 31.2. The minimum Gasteiger partial charge on any atom is -0.451 e. The highest BCUT2D eigenvalue weighted by molar-refractivity contribution is 5.92. The number of nitrogens with zero attached hydrogens (tertiary/aromatic N) is 1. The smallest absolute Gasteiger partial charge is 0.318 e.